The zero-order chi connectivity index (χ0) is 44.4. The van der Waals surface area contributed by atoms with Crippen LogP contribution in [0.3, 0.4) is 0 Å². The Hall–Kier alpha value is -1.89. The summed E-state index contributed by atoms with van der Waals surface area (Å²) >= 11 is 0. The number of nitrogens with one attached hydrogen (secondary N) is 2. The van der Waals surface area contributed by atoms with Gasteiger partial charge in [-0.25, -0.2) is 4.57 Å². The minimum absolute atomic E-state index is 0.0161. The molecule has 0 aromatic heterocycles. The molecule has 3 atom stereocenters. The minimum atomic E-state index is -4.55. The molecule has 0 radical (unpaired) electrons. The van der Waals surface area contributed by atoms with Crippen molar-refractivity contribution in [3.8, 4) is 0 Å². The van der Waals surface area contributed by atoms with Crippen LogP contribution in [0, 0.1) is 0 Å². The molecule has 0 aromatic rings. The number of aliphatic hydroxyl groups excluding tert-OH is 1. The van der Waals surface area contributed by atoms with Crippen molar-refractivity contribution in [2.75, 3.05) is 39.6 Å². The number of amides is 2. The van der Waals surface area contributed by atoms with Gasteiger partial charge < -0.3 is 30.1 Å². The van der Waals surface area contributed by atoms with Crippen molar-refractivity contribution in [2.45, 2.75) is 232 Å². The number of phosphoric ester groups is 1. The number of ether oxygens (including phenoxy) is 2. The summed E-state index contributed by atoms with van der Waals surface area (Å²) in [5.74, 6) is -1.29. The smallest absolute Gasteiger partial charge is 0.462 e. The molecule has 0 saturated heterocycles. The van der Waals surface area contributed by atoms with Gasteiger partial charge in [0.15, 0.2) is 5.78 Å². The highest BCUT2D eigenvalue weighted by Gasteiger charge is 2.25. The second-order valence-electron chi connectivity index (χ2n) is 16.5. The summed E-state index contributed by atoms with van der Waals surface area (Å²) in [6.07, 6.45) is 30.5. The molecule has 0 aromatic carbocycles. The molecule has 13 nitrogen and oxygen atoms in total. The average Bonchev–Trinajstić information content (AvgIpc) is 3.23. The molecule has 14 heteroatoms. The van der Waals surface area contributed by atoms with Crippen LogP contribution >= 0.6 is 7.82 Å². The van der Waals surface area contributed by atoms with Crippen LogP contribution in [0.1, 0.15) is 220 Å². The SMILES string of the molecule is CCCCCCCCCCCCCC(=O)N[C@H](COCC[C@@H](CCCCCCC)OC(=O)CCCCCCCCCCC)COP(=O)(O)OCCNC(=O)CCC(=O)CO. The highest BCUT2D eigenvalue weighted by Crippen LogP contribution is 2.43. The van der Waals surface area contributed by atoms with Gasteiger partial charge >= 0.3 is 13.8 Å². The number of hydrogen-bond donors (Lipinski definition) is 4. The van der Waals surface area contributed by atoms with Gasteiger partial charge in [-0.15, -0.1) is 0 Å². The molecular weight excluding hydrogens is 787 g/mol. The quantitative estimate of drug-likeness (QED) is 0.0259. The largest absolute Gasteiger partial charge is 0.472 e. The van der Waals surface area contributed by atoms with Crippen LogP contribution in [-0.4, -0.2) is 85.3 Å². The van der Waals surface area contributed by atoms with E-state index in [1.54, 1.807) is 0 Å². The van der Waals surface area contributed by atoms with E-state index in [1.807, 2.05) is 0 Å². The second kappa shape index (κ2) is 42.4. The Kier molecular flexibility index (Phi) is 41.1. The Bertz CT molecular complexity index is 1100. The number of phosphoric acid groups is 1. The zero-order valence-electron chi connectivity index (χ0n) is 38.3. The van der Waals surface area contributed by atoms with E-state index >= 15 is 0 Å². The highest BCUT2D eigenvalue weighted by atomic mass is 31.2. The Labute approximate surface area is 364 Å². The molecule has 0 saturated carbocycles. The van der Waals surface area contributed by atoms with E-state index in [2.05, 4.69) is 31.4 Å². The zero-order valence-corrected chi connectivity index (χ0v) is 39.2. The molecule has 0 fully saturated rings. The molecule has 0 aliphatic rings. The van der Waals surface area contributed by atoms with E-state index in [0.29, 0.717) is 19.3 Å². The van der Waals surface area contributed by atoms with E-state index in [-0.39, 0.29) is 63.8 Å². The molecule has 1 unspecified atom stereocenters. The number of unbranched alkanes of at least 4 members (excludes halogenated alkanes) is 22. The number of aliphatic hydroxyl groups is 1. The number of esters is 1. The standard InChI is InChI=1S/C46H89N2O11P/c1-4-7-10-13-15-17-18-20-21-24-27-30-45(52)48-41(40-58-60(54,55)57-37-35-47-44(51)33-32-42(50)38-49)39-56-36-34-43(29-26-23-12-9-6-3)59-46(53)31-28-25-22-19-16-14-11-8-5-2/h41,43,49H,4-40H2,1-3H3,(H,47,51)(H,48,52)(H,54,55)/t41-,43-/m1/s1. The highest BCUT2D eigenvalue weighted by molar-refractivity contribution is 7.47. The Morgan fingerprint density at radius 3 is 1.58 bits per heavy atom. The first kappa shape index (κ1) is 58.1. The molecule has 0 bridgehead atoms. The monoisotopic (exact) mass is 877 g/mol. The minimum Gasteiger partial charge on any atom is -0.462 e. The molecule has 4 N–H and O–H groups in total. The van der Waals surface area contributed by atoms with Gasteiger partial charge in [0.05, 0.1) is 32.5 Å². The van der Waals surface area contributed by atoms with E-state index in [4.69, 9.17) is 23.6 Å². The molecule has 0 rings (SSSR count). The first-order chi connectivity index (χ1) is 29.1. The lowest BCUT2D eigenvalue weighted by atomic mass is 10.1. The molecule has 0 aliphatic carbocycles. The number of rotatable bonds is 46. The Balaban J connectivity index is 5.04. The molecule has 0 spiro atoms. The van der Waals surface area contributed by atoms with Gasteiger partial charge in [-0.05, 0) is 25.7 Å². The number of carbonyl (C=O) groups is 4. The van der Waals surface area contributed by atoms with Gasteiger partial charge in [-0.3, -0.25) is 28.2 Å². The lowest BCUT2D eigenvalue weighted by Crippen LogP contribution is -2.41. The molecule has 0 aliphatic heterocycles. The lowest BCUT2D eigenvalue weighted by molar-refractivity contribution is -0.150. The Morgan fingerprint density at radius 1 is 0.550 bits per heavy atom. The summed E-state index contributed by atoms with van der Waals surface area (Å²) < 4.78 is 34.8. The number of hydrogen-bond acceptors (Lipinski definition) is 10. The number of ketones is 1. The van der Waals surface area contributed by atoms with Gasteiger partial charge in [0, 0.05) is 38.6 Å². The summed E-state index contributed by atoms with van der Waals surface area (Å²) in [4.78, 5) is 59.2. The van der Waals surface area contributed by atoms with Crippen LogP contribution in [0.5, 0.6) is 0 Å². The van der Waals surface area contributed by atoms with Crippen LogP contribution in [0.15, 0.2) is 0 Å². The summed E-state index contributed by atoms with van der Waals surface area (Å²) in [5, 5.41) is 14.2. The Morgan fingerprint density at radius 2 is 1.05 bits per heavy atom. The van der Waals surface area contributed by atoms with E-state index in [1.165, 1.54) is 89.9 Å². The van der Waals surface area contributed by atoms with Crippen LogP contribution in [0.4, 0.5) is 0 Å². The molecule has 0 heterocycles. The summed E-state index contributed by atoms with van der Waals surface area (Å²) in [6, 6.07) is -0.736. The topological polar surface area (TPSA) is 187 Å². The molecule has 2 amide bonds. The van der Waals surface area contributed by atoms with Crippen molar-refractivity contribution < 1.29 is 52.3 Å². The predicted molar refractivity (Wildman–Crippen MR) is 240 cm³/mol. The van der Waals surface area contributed by atoms with Crippen molar-refractivity contribution in [3.63, 3.8) is 0 Å². The first-order valence-corrected chi connectivity index (χ1v) is 25.6. The van der Waals surface area contributed by atoms with Crippen LogP contribution in [-0.2, 0) is 42.3 Å². The van der Waals surface area contributed by atoms with Gasteiger partial charge in [-0.2, -0.15) is 0 Å². The van der Waals surface area contributed by atoms with Crippen molar-refractivity contribution in [1.29, 1.82) is 0 Å². The fraction of sp³-hybridized carbons (Fsp3) is 0.913. The summed E-state index contributed by atoms with van der Waals surface area (Å²) in [7, 11) is -4.55. The fourth-order valence-electron chi connectivity index (χ4n) is 6.88. The van der Waals surface area contributed by atoms with Crippen molar-refractivity contribution >= 4 is 31.4 Å². The van der Waals surface area contributed by atoms with Crippen LogP contribution < -0.4 is 10.6 Å². The second-order valence-corrected chi connectivity index (χ2v) is 17.9. The normalized spacial score (nSPS) is 13.4. The van der Waals surface area contributed by atoms with E-state index < -0.39 is 32.2 Å². The third-order valence-electron chi connectivity index (χ3n) is 10.6. The third-order valence-corrected chi connectivity index (χ3v) is 11.6. The molecule has 354 valence electrons. The fourth-order valence-corrected chi connectivity index (χ4v) is 7.64. The van der Waals surface area contributed by atoms with Crippen molar-refractivity contribution in [3.05, 3.63) is 0 Å². The number of Topliss-reactive ketones (excluding diaryl/α,β-unsaturated/α-hetero) is 1. The number of carbonyl (C=O) groups excluding carboxylic acids is 4. The summed E-state index contributed by atoms with van der Waals surface area (Å²) in [6.45, 7) is 5.52. The average molecular weight is 877 g/mol. The van der Waals surface area contributed by atoms with E-state index in [9.17, 15) is 28.6 Å². The molecule has 60 heavy (non-hydrogen) atoms. The van der Waals surface area contributed by atoms with Crippen molar-refractivity contribution in [1.82, 2.24) is 10.6 Å². The maximum Gasteiger partial charge on any atom is 0.472 e. The van der Waals surface area contributed by atoms with Gasteiger partial charge in [0.2, 0.25) is 11.8 Å². The maximum atomic E-state index is 13.0. The first-order valence-electron chi connectivity index (χ1n) is 24.1. The lowest BCUT2D eigenvalue weighted by Gasteiger charge is -2.22. The van der Waals surface area contributed by atoms with Crippen molar-refractivity contribution in [2.24, 2.45) is 0 Å². The molecular formula is C46H89N2O11P. The van der Waals surface area contributed by atoms with Crippen LogP contribution in [0.25, 0.3) is 0 Å². The predicted octanol–water partition coefficient (Wildman–Crippen LogP) is 10.4. The third kappa shape index (κ3) is 40.2. The maximum absolute atomic E-state index is 13.0. The van der Waals surface area contributed by atoms with Crippen LogP contribution in [0.2, 0.25) is 0 Å². The van der Waals surface area contributed by atoms with Gasteiger partial charge in [0.1, 0.15) is 12.7 Å². The van der Waals surface area contributed by atoms with E-state index in [0.717, 1.165) is 77.0 Å². The van der Waals surface area contributed by atoms with Gasteiger partial charge in [-0.1, -0.05) is 162 Å². The van der Waals surface area contributed by atoms with Gasteiger partial charge in [0.25, 0.3) is 0 Å². The summed E-state index contributed by atoms with van der Waals surface area (Å²) in [5.41, 5.74) is 0.